The van der Waals surface area contributed by atoms with Crippen LogP contribution in [0.25, 0.3) is 11.3 Å². The first kappa shape index (κ1) is 11.7. The molecule has 0 aliphatic rings. The topological polar surface area (TPSA) is 42.1 Å². The van der Waals surface area contributed by atoms with E-state index < -0.39 is 0 Å². The lowest BCUT2D eigenvalue weighted by atomic mass is 10.1. The second kappa shape index (κ2) is 5.06. The molecule has 4 heteroatoms. The highest BCUT2D eigenvalue weighted by Gasteiger charge is 2.14. The van der Waals surface area contributed by atoms with Crippen LogP contribution >= 0.6 is 11.6 Å². The zero-order valence-corrected chi connectivity index (χ0v) is 10.1. The first-order chi connectivity index (χ1) is 8.22. The van der Waals surface area contributed by atoms with Gasteiger partial charge in [-0.1, -0.05) is 23.7 Å². The van der Waals surface area contributed by atoms with Crippen molar-refractivity contribution in [1.82, 2.24) is 4.98 Å². The first-order valence-corrected chi connectivity index (χ1v) is 5.70. The molecule has 0 atom stereocenters. The Labute approximate surface area is 104 Å². The predicted molar refractivity (Wildman–Crippen MR) is 67.2 cm³/mol. The van der Waals surface area contributed by atoms with Crippen molar-refractivity contribution in [3.63, 3.8) is 0 Å². The summed E-state index contributed by atoms with van der Waals surface area (Å²) in [6.45, 7) is 2.15. The number of aromatic nitrogens is 1. The summed E-state index contributed by atoms with van der Waals surface area (Å²) in [5.41, 5.74) is 2.19. The highest BCUT2D eigenvalue weighted by molar-refractivity contribution is 6.30. The fraction of sp³-hybridized carbons (Fsp3) is 0.154. The number of hydrogen-bond acceptors (Lipinski definition) is 2. The summed E-state index contributed by atoms with van der Waals surface area (Å²) in [6.07, 6.45) is 1.72. The molecule has 1 N–H and O–H groups in total. The Morgan fingerprint density at radius 1 is 1.29 bits per heavy atom. The first-order valence-electron chi connectivity index (χ1n) is 5.33. The van der Waals surface area contributed by atoms with E-state index in [-0.39, 0.29) is 5.97 Å². The highest BCUT2D eigenvalue weighted by atomic mass is 35.5. The molecular formula is C13H12ClNO2. The van der Waals surface area contributed by atoms with Crippen LogP contribution in [0, 0.1) is 0 Å². The molecule has 0 aliphatic heterocycles. The van der Waals surface area contributed by atoms with Gasteiger partial charge in [-0.15, -0.1) is 0 Å². The third-order valence-electron chi connectivity index (χ3n) is 2.38. The standard InChI is InChI=1S/C13H12ClNO2/c1-2-17-13(16)11-7-8-15-12(11)9-3-5-10(14)6-4-9/h3-8,15H,2H2,1H3. The number of halogens is 1. The monoisotopic (exact) mass is 249 g/mol. The number of rotatable bonds is 3. The Morgan fingerprint density at radius 3 is 2.65 bits per heavy atom. The molecule has 0 unspecified atom stereocenters. The number of nitrogens with one attached hydrogen (secondary N) is 1. The van der Waals surface area contributed by atoms with Gasteiger partial charge in [-0.3, -0.25) is 0 Å². The maximum absolute atomic E-state index is 11.7. The SMILES string of the molecule is CCOC(=O)c1cc[nH]c1-c1ccc(Cl)cc1. The Kier molecular flexibility index (Phi) is 3.49. The fourth-order valence-electron chi connectivity index (χ4n) is 1.60. The van der Waals surface area contributed by atoms with Crippen LogP contribution in [0.3, 0.4) is 0 Å². The minimum atomic E-state index is -0.321. The molecular weight excluding hydrogens is 238 g/mol. The van der Waals surface area contributed by atoms with Crippen LogP contribution in [0.4, 0.5) is 0 Å². The molecule has 1 heterocycles. The summed E-state index contributed by atoms with van der Waals surface area (Å²) in [6, 6.07) is 9.00. The Morgan fingerprint density at radius 2 is 2.00 bits per heavy atom. The van der Waals surface area contributed by atoms with Gasteiger partial charge in [-0.05, 0) is 30.7 Å². The van der Waals surface area contributed by atoms with Gasteiger partial charge in [0.2, 0.25) is 0 Å². The number of ether oxygens (including phenoxy) is 1. The van der Waals surface area contributed by atoms with Gasteiger partial charge in [-0.2, -0.15) is 0 Å². The van der Waals surface area contributed by atoms with Crippen LogP contribution in [-0.4, -0.2) is 17.6 Å². The minimum Gasteiger partial charge on any atom is -0.462 e. The van der Waals surface area contributed by atoms with E-state index in [9.17, 15) is 4.79 Å². The third kappa shape index (κ3) is 2.50. The lowest BCUT2D eigenvalue weighted by Crippen LogP contribution is -2.04. The number of hydrogen-bond donors (Lipinski definition) is 1. The molecule has 0 amide bonds. The van der Waals surface area contributed by atoms with Gasteiger partial charge in [0.15, 0.2) is 0 Å². The Bertz CT molecular complexity index is 516. The number of carbonyl (C=O) groups excluding carboxylic acids is 1. The average Bonchev–Trinajstić information content (AvgIpc) is 2.79. The van der Waals surface area contributed by atoms with Gasteiger partial charge < -0.3 is 9.72 Å². The molecule has 1 aromatic heterocycles. The van der Waals surface area contributed by atoms with Crippen LogP contribution in [0.1, 0.15) is 17.3 Å². The molecule has 88 valence electrons. The van der Waals surface area contributed by atoms with Crippen molar-refractivity contribution in [3.05, 3.63) is 47.1 Å². The van der Waals surface area contributed by atoms with Gasteiger partial charge >= 0.3 is 5.97 Å². The molecule has 2 aromatic rings. The van der Waals surface area contributed by atoms with Crippen molar-refractivity contribution < 1.29 is 9.53 Å². The van der Waals surface area contributed by atoms with Crippen molar-refractivity contribution in [2.24, 2.45) is 0 Å². The van der Waals surface area contributed by atoms with E-state index in [1.165, 1.54) is 0 Å². The summed E-state index contributed by atoms with van der Waals surface area (Å²) in [4.78, 5) is 14.7. The smallest absolute Gasteiger partial charge is 0.340 e. The van der Waals surface area contributed by atoms with Gasteiger partial charge in [0.1, 0.15) is 0 Å². The Hall–Kier alpha value is -1.74. The second-order valence-electron chi connectivity index (χ2n) is 3.49. The number of benzene rings is 1. The van der Waals surface area contributed by atoms with Gasteiger partial charge in [0, 0.05) is 11.2 Å². The maximum Gasteiger partial charge on any atom is 0.340 e. The number of esters is 1. The summed E-state index contributed by atoms with van der Waals surface area (Å²) < 4.78 is 4.99. The lowest BCUT2D eigenvalue weighted by Gasteiger charge is -2.04. The van der Waals surface area contributed by atoms with Crippen LogP contribution in [0.5, 0.6) is 0 Å². The van der Waals surface area contributed by atoms with E-state index in [0.717, 1.165) is 11.3 Å². The largest absolute Gasteiger partial charge is 0.462 e. The fourth-order valence-corrected chi connectivity index (χ4v) is 1.73. The number of carbonyl (C=O) groups is 1. The highest BCUT2D eigenvalue weighted by Crippen LogP contribution is 2.24. The predicted octanol–water partition coefficient (Wildman–Crippen LogP) is 3.51. The molecule has 1 aromatic carbocycles. The maximum atomic E-state index is 11.7. The van der Waals surface area contributed by atoms with Gasteiger partial charge in [-0.25, -0.2) is 4.79 Å². The molecule has 17 heavy (non-hydrogen) atoms. The van der Waals surface area contributed by atoms with Crippen LogP contribution in [-0.2, 0) is 4.74 Å². The summed E-state index contributed by atoms with van der Waals surface area (Å²) in [5.74, 6) is -0.321. The number of aromatic amines is 1. The van der Waals surface area contributed by atoms with Crippen molar-refractivity contribution >= 4 is 17.6 Å². The van der Waals surface area contributed by atoms with E-state index in [0.29, 0.717) is 17.2 Å². The van der Waals surface area contributed by atoms with Gasteiger partial charge in [0.05, 0.1) is 17.9 Å². The molecule has 2 rings (SSSR count). The van der Waals surface area contributed by atoms with E-state index in [2.05, 4.69) is 4.98 Å². The molecule has 0 radical (unpaired) electrons. The van der Waals surface area contributed by atoms with E-state index in [1.807, 2.05) is 12.1 Å². The average molecular weight is 250 g/mol. The van der Waals surface area contributed by atoms with E-state index in [4.69, 9.17) is 16.3 Å². The molecule has 0 saturated heterocycles. The molecule has 0 fully saturated rings. The minimum absolute atomic E-state index is 0.321. The van der Waals surface area contributed by atoms with Crippen LogP contribution < -0.4 is 0 Å². The zero-order valence-electron chi connectivity index (χ0n) is 9.37. The number of H-pyrrole nitrogens is 1. The van der Waals surface area contributed by atoms with Crippen molar-refractivity contribution in [2.75, 3.05) is 6.61 Å². The summed E-state index contributed by atoms with van der Waals surface area (Å²) >= 11 is 5.82. The quantitative estimate of drug-likeness (QED) is 0.846. The van der Waals surface area contributed by atoms with E-state index >= 15 is 0 Å². The van der Waals surface area contributed by atoms with Crippen molar-refractivity contribution in [3.8, 4) is 11.3 Å². The molecule has 0 bridgehead atoms. The van der Waals surface area contributed by atoms with Crippen LogP contribution in [0.15, 0.2) is 36.5 Å². The molecule has 3 nitrogen and oxygen atoms in total. The van der Waals surface area contributed by atoms with Crippen molar-refractivity contribution in [1.29, 1.82) is 0 Å². The molecule has 0 saturated carbocycles. The molecule has 0 aliphatic carbocycles. The zero-order chi connectivity index (χ0) is 12.3. The van der Waals surface area contributed by atoms with Crippen molar-refractivity contribution in [2.45, 2.75) is 6.92 Å². The van der Waals surface area contributed by atoms with Crippen LogP contribution in [0.2, 0.25) is 5.02 Å². The van der Waals surface area contributed by atoms with E-state index in [1.54, 1.807) is 31.3 Å². The lowest BCUT2D eigenvalue weighted by molar-refractivity contribution is 0.0527. The van der Waals surface area contributed by atoms with Gasteiger partial charge in [0.25, 0.3) is 0 Å². The molecule has 0 spiro atoms. The summed E-state index contributed by atoms with van der Waals surface area (Å²) in [7, 11) is 0. The second-order valence-corrected chi connectivity index (χ2v) is 3.93. The third-order valence-corrected chi connectivity index (χ3v) is 2.63. The Balaban J connectivity index is 2.36. The normalized spacial score (nSPS) is 10.2. The summed E-state index contributed by atoms with van der Waals surface area (Å²) in [5, 5.41) is 0.665.